The maximum atomic E-state index is 13.8. The first kappa shape index (κ1) is 77.4. The van der Waals surface area contributed by atoms with Crippen molar-refractivity contribution in [3.8, 4) is 0 Å². The van der Waals surface area contributed by atoms with Gasteiger partial charge in [-0.3, -0.25) is 24.0 Å². The lowest BCUT2D eigenvalue weighted by molar-refractivity contribution is -0.166. The van der Waals surface area contributed by atoms with Crippen molar-refractivity contribution in [3.05, 3.63) is 191 Å². The lowest BCUT2D eigenvalue weighted by Gasteiger charge is -2.47. The standard InChI is InChI=1S/C23H21Cl2FN2O5S.C22H20Cl2F3N3O3.C21H18Cl3F3N2O3S/c1-22(15-6-17(24)21(26)18(25)7-15)8-19(27-33-22)13-3-4-16-14(5-13)9-32-23(16)11-28(12-23)20(29)10-34(2,30)31;1-12-5-13(3-4-17(12)20(32)28-10-19(31)29-11-22(25,26)27)18-9-21(2,33-30-18)14-6-15(23)8-16(24)7-14;1-10-5-16(33-18(10)19(31)28-9-12(30)3-4-21(25,26)27)15-8-20(2,32-29-15)11-6-13(22)17(24)14(23)7-11/h3-7H,8-12H2,1-2H3;3-8H,9-11H2,1-2H3,(H,28,32)(H,29,31);5-7H,3-4,8-9H2,1-2H3,(H,28,31)/t22-;;20-/m0.0/s1. The average Bonchev–Trinajstić information content (AvgIpc) is 1.52. The molecule has 5 aromatic carbocycles. The van der Waals surface area contributed by atoms with Crippen LogP contribution >= 0.6 is 92.5 Å². The highest BCUT2D eigenvalue weighted by Crippen LogP contribution is 2.47. The molecule has 534 valence electrons. The van der Waals surface area contributed by atoms with Gasteiger partial charge in [0, 0.05) is 64.2 Å². The molecule has 11 rings (SSSR count). The van der Waals surface area contributed by atoms with E-state index in [4.69, 9.17) is 100 Å². The largest absolute Gasteiger partial charge is 0.405 e. The number of halogens is 14. The molecule has 0 saturated carbocycles. The number of aryl methyl sites for hydroxylation is 2. The Morgan fingerprint density at radius 1 is 0.620 bits per heavy atom. The summed E-state index contributed by atoms with van der Waals surface area (Å²) in [5.41, 5.74) is 6.11. The molecule has 6 aromatic rings. The van der Waals surface area contributed by atoms with Gasteiger partial charge < -0.3 is 40.1 Å². The maximum Gasteiger partial charge on any atom is 0.405 e. The summed E-state index contributed by atoms with van der Waals surface area (Å²) in [7, 11) is -3.38. The van der Waals surface area contributed by atoms with Crippen LogP contribution in [0.4, 0.5) is 30.7 Å². The zero-order valence-corrected chi connectivity index (χ0v) is 60.4. The number of ketones is 1. The topological polar surface area (TPSA) is 233 Å². The molecule has 0 bridgehead atoms. The highest BCUT2D eigenvalue weighted by atomic mass is 35.5. The summed E-state index contributed by atoms with van der Waals surface area (Å²) in [5, 5.41) is 20.6. The van der Waals surface area contributed by atoms with E-state index in [1.807, 2.05) is 39.0 Å². The number of benzene rings is 5. The summed E-state index contributed by atoms with van der Waals surface area (Å²) in [6.45, 7) is 7.47. The first-order chi connectivity index (χ1) is 46.5. The Morgan fingerprint density at radius 3 is 1.67 bits per heavy atom. The fourth-order valence-electron chi connectivity index (χ4n) is 11.2. The predicted molar refractivity (Wildman–Crippen MR) is 367 cm³/mol. The van der Waals surface area contributed by atoms with Crippen LogP contribution < -0.4 is 16.0 Å². The van der Waals surface area contributed by atoms with Gasteiger partial charge in [0.1, 0.15) is 23.6 Å². The number of sulfone groups is 1. The van der Waals surface area contributed by atoms with Crippen molar-refractivity contribution in [2.75, 3.05) is 44.7 Å². The van der Waals surface area contributed by atoms with Crippen molar-refractivity contribution >= 4 is 149 Å². The molecule has 34 heteroatoms. The third kappa shape index (κ3) is 18.7. The summed E-state index contributed by atoms with van der Waals surface area (Å²) in [5.74, 6) is -4.34. The molecule has 4 amide bonds. The molecule has 0 radical (unpaired) electrons. The molecular weight excluding hydrogens is 1510 g/mol. The number of carbonyl (C=O) groups excluding carboxylic acids is 5. The number of thiophene rings is 1. The predicted octanol–water partition coefficient (Wildman–Crippen LogP) is 15.2. The van der Waals surface area contributed by atoms with Crippen LogP contribution in [0.15, 0.2) is 100 Å². The molecule has 6 heterocycles. The van der Waals surface area contributed by atoms with Crippen LogP contribution in [0.1, 0.15) is 128 Å². The first-order valence-electron chi connectivity index (χ1n) is 30.0. The van der Waals surface area contributed by atoms with Crippen LogP contribution in [0.25, 0.3) is 0 Å². The lowest BCUT2D eigenvalue weighted by Crippen LogP contribution is -2.62. The third-order valence-electron chi connectivity index (χ3n) is 16.6. The van der Waals surface area contributed by atoms with Gasteiger partial charge in [0.15, 0.2) is 38.2 Å². The number of rotatable bonds is 17. The van der Waals surface area contributed by atoms with Crippen molar-refractivity contribution in [3.63, 3.8) is 0 Å². The number of ether oxygens (including phenoxy) is 1. The fraction of sp³-hybridized carbons (Fsp3) is 0.364. The van der Waals surface area contributed by atoms with E-state index < -0.39 is 118 Å². The number of amides is 4. The molecule has 1 spiro atoms. The van der Waals surface area contributed by atoms with Gasteiger partial charge in [0.05, 0.1) is 85.5 Å². The summed E-state index contributed by atoms with van der Waals surface area (Å²) >= 11 is 43.6. The zero-order chi connectivity index (χ0) is 73.4. The van der Waals surface area contributed by atoms with E-state index in [1.54, 1.807) is 73.8 Å². The van der Waals surface area contributed by atoms with Gasteiger partial charge in [-0.05, 0) is 135 Å². The minimum atomic E-state index is -4.52. The molecule has 100 heavy (non-hydrogen) atoms. The number of fused-ring (bicyclic) bond motifs is 2. The molecule has 0 aliphatic carbocycles. The monoisotopic (exact) mass is 1570 g/mol. The second-order valence-corrected chi connectivity index (χ2v) is 30.9. The van der Waals surface area contributed by atoms with E-state index in [0.717, 1.165) is 51.1 Å². The van der Waals surface area contributed by atoms with E-state index in [2.05, 4.69) is 26.1 Å². The molecule has 5 aliphatic rings. The molecule has 3 atom stereocenters. The molecule has 1 aromatic heterocycles. The zero-order valence-electron chi connectivity index (χ0n) is 53.5. The molecule has 1 saturated heterocycles. The first-order valence-corrected chi connectivity index (χ1v) is 35.5. The smallest absolute Gasteiger partial charge is 0.384 e. The van der Waals surface area contributed by atoms with Crippen LogP contribution in [0.3, 0.4) is 0 Å². The number of nitrogens with one attached hydrogen (secondary N) is 3. The Balaban J connectivity index is 0.000000175. The summed E-state index contributed by atoms with van der Waals surface area (Å²) in [4.78, 5) is 79.8. The van der Waals surface area contributed by atoms with Crippen molar-refractivity contribution < 1.29 is 82.4 Å². The van der Waals surface area contributed by atoms with Crippen molar-refractivity contribution in [2.45, 2.75) is 108 Å². The minimum Gasteiger partial charge on any atom is -0.384 e. The Bertz CT molecular complexity index is 4430. The van der Waals surface area contributed by atoms with Gasteiger partial charge >= 0.3 is 12.4 Å². The molecule has 5 aliphatic heterocycles. The molecular formula is C66H59Cl7F7N7O11S2. The van der Waals surface area contributed by atoms with E-state index in [1.165, 1.54) is 17.0 Å². The van der Waals surface area contributed by atoms with E-state index in [-0.39, 0.29) is 30.7 Å². The highest BCUT2D eigenvalue weighted by molar-refractivity contribution is 7.91. The summed E-state index contributed by atoms with van der Waals surface area (Å²) < 4.78 is 116. The Morgan fingerprint density at radius 2 is 1.13 bits per heavy atom. The number of hydrogen-bond donors (Lipinski definition) is 3. The number of alkyl halides is 6. The van der Waals surface area contributed by atoms with Gasteiger partial charge in [-0.15, -0.1) is 11.3 Å². The van der Waals surface area contributed by atoms with Crippen LogP contribution in [0.5, 0.6) is 0 Å². The number of oxime groups is 3. The maximum absolute atomic E-state index is 13.8. The van der Waals surface area contributed by atoms with Crippen molar-refractivity contribution in [2.24, 2.45) is 15.5 Å². The Hall–Kier alpha value is -6.79. The van der Waals surface area contributed by atoms with E-state index >= 15 is 0 Å². The van der Waals surface area contributed by atoms with E-state index in [0.29, 0.717) is 92.4 Å². The molecule has 1 fully saturated rings. The Labute approximate surface area is 607 Å². The second kappa shape index (κ2) is 30.3. The van der Waals surface area contributed by atoms with Gasteiger partial charge in [-0.25, -0.2) is 12.8 Å². The number of carbonyl (C=O) groups is 5. The van der Waals surface area contributed by atoms with Crippen LogP contribution in [0.2, 0.25) is 35.2 Å². The minimum absolute atomic E-state index is 0.0784. The molecule has 1 unspecified atom stereocenters. The second-order valence-electron chi connectivity index (χ2n) is 24.8. The summed E-state index contributed by atoms with van der Waals surface area (Å²) in [6, 6.07) is 24.1. The SMILES string of the molecule is C[C@@]1(c2cc(Cl)c(F)c(Cl)c2)CC(c2ccc3c(c2)COC32CN(C(=O)CS(C)(=O)=O)C2)=NO1.Cc1cc(C2=NOC(C)(c3cc(Cl)cc(Cl)c3)C2)ccc1C(=O)NCC(=O)NCC(F)(F)F.Cc1cc(C2=NO[C@](C)(c3cc(Cl)c(Cl)c(Cl)c3)C2)sc1C(=O)NCC(=O)CCC(F)(F)F. The van der Waals surface area contributed by atoms with Gasteiger partial charge in [0.2, 0.25) is 11.8 Å². The van der Waals surface area contributed by atoms with Crippen LogP contribution in [0, 0.1) is 19.7 Å². The number of hydrogen-bond acceptors (Lipinski definition) is 15. The fourth-order valence-corrected chi connectivity index (χ4v) is 14.5. The number of nitrogens with zero attached hydrogens (tertiary/aromatic N) is 4. The number of likely N-dealkylation sites (tertiary alicyclic amines) is 1. The number of Topliss-reactive ketones (excluding diaryl/α,β-unsaturated/α-hetero) is 1. The molecule has 18 nitrogen and oxygen atoms in total. The van der Waals surface area contributed by atoms with Crippen molar-refractivity contribution in [1.82, 2.24) is 20.9 Å². The van der Waals surface area contributed by atoms with E-state index in [9.17, 15) is 63.1 Å². The Kier molecular flexibility index (Phi) is 23.4. The van der Waals surface area contributed by atoms with Gasteiger partial charge in [0.25, 0.3) is 11.8 Å². The third-order valence-corrected chi connectivity index (χ3v) is 20.8. The summed E-state index contributed by atoms with van der Waals surface area (Å²) in [6.07, 6.45) is -8.54. The average molecular weight is 1570 g/mol. The van der Waals surface area contributed by atoms with Crippen LogP contribution in [-0.2, 0) is 72.5 Å². The van der Waals surface area contributed by atoms with Gasteiger partial charge in [-0.2, -0.15) is 26.3 Å². The van der Waals surface area contributed by atoms with Crippen LogP contribution in [-0.4, -0.2) is 117 Å². The normalized spacial score (nSPS) is 19.6. The highest BCUT2D eigenvalue weighted by Gasteiger charge is 2.52. The van der Waals surface area contributed by atoms with Gasteiger partial charge in [-0.1, -0.05) is 115 Å². The lowest BCUT2D eigenvalue weighted by atomic mass is 9.83. The molecule has 3 N–H and O–H groups in total. The van der Waals surface area contributed by atoms with Crippen molar-refractivity contribution in [1.29, 1.82) is 0 Å². The quantitative estimate of drug-likeness (QED) is 0.0574.